The maximum atomic E-state index is 6.05. The summed E-state index contributed by atoms with van der Waals surface area (Å²) in [4.78, 5) is 17.7. The summed E-state index contributed by atoms with van der Waals surface area (Å²) in [6, 6.07) is 21.1. The second-order valence-corrected chi connectivity index (χ2v) is 8.84. The minimum Gasteiger partial charge on any atom is -0.439 e. The molecule has 0 atom stereocenters. The summed E-state index contributed by atoms with van der Waals surface area (Å²) in [7, 11) is 0. The molecule has 0 unspecified atom stereocenters. The molecule has 2 aromatic carbocycles. The third kappa shape index (κ3) is 6.42. The number of ether oxygens (including phenoxy) is 2. The summed E-state index contributed by atoms with van der Waals surface area (Å²) in [6.07, 6.45) is 0.836. The molecule has 34 heavy (non-hydrogen) atoms. The van der Waals surface area contributed by atoms with E-state index in [9.17, 15) is 0 Å². The molecule has 0 bridgehead atoms. The van der Waals surface area contributed by atoms with E-state index in [-0.39, 0.29) is 0 Å². The summed E-state index contributed by atoms with van der Waals surface area (Å²) >= 11 is 0. The van der Waals surface area contributed by atoms with Crippen LogP contribution in [0, 0.1) is 5.92 Å². The van der Waals surface area contributed by atoms with Crippen molar-refractivity contribution in [3.05, 3.63) is 78.2 Å². The molecule has 2 heterocycles. The first-order chi connectivity index (χ1) is 16.5. The average Bonchev–Trinajstić information content (AvgIpc) is 3.21. The molecular weight excluding hydrogens is 426 g/mol. The Morgan fingerprint density at radius 1 is 0.794 bits per heavy atom. The van der Waals surface area contributed by atoms with Crippen LogP contribution in [0.2, 0.25) is 0 Å². The van der Waals surface area contributed by atoms with Gasteiger partial charge in [0.05, 0.1) is 11.8 Å². The Bertz CT molecular complexity index is 1130. The number of rotatable bonds is 10. The number of aromatic amines is 1. The fourth-order valence-corrected chi connectivity index (χ4v) is 3.40. The minimum atomic E-state index is 0.323. The van der Waals surface area contributed by atoms with Crippen LogP contribution < -0.4 is 14.8 Å². The quantitative estimate of drug-likeness (QED) is 0.297. The lowest BCUT2D eigenvalue weighted by molar-refractivity contribution is 0.434. The first-order valence-electron chi connectivity index (χ1n) is 11.6. The van der Waals surface area contributed by atoms with Crippen LogP contribution in [0.1, 0.15) is 39.2 Å². The Kier molecular flexibility index (Phi) is 7.54. The zero-order valence-electron chi connectivity index (χ0n) is 20.1. The van der Waals surface area contributed by atoms with Crippen molar-refractivity contribution in [3.63, 3.8) is 0 Å². The Balaban J connectivity index is 1.75. The SMILES string of the molecule is CC(C)Cc1nc(CNC(C)C)c(-c2nc(Oc3ccccc3)cc(Oc3ccccc3)n2)[nH]1. The van der Waals surface area contributed by atoms with Crippen LogP contribution in [0.5, 0.6) is 23.3 Å². The number of benzene rings is 2. The van der Waals surface area contributed by atoms with Crippen LogP contribution in [0.25, 0.3) is 11.5 Å². The number of H-pyrrole nitrogens is 1. The predicted octanol–water partition coefficient (Wildman–Crippen LogP) is 6.15. The van der Waals surface area contributed by atoms with Crippen LogP contribution in [0.4, 0.5) is 0 Å². The van der Waals surface area contributed by atoms with Gasteiger partial charge in [-0.1, -0.05) is 64.1 Å². The molecule has 0 aliphatic rings. The number of nitrogens with zero attached hydrogens (tertiary/aromatic N) is 3. The van der Waals surface area contributed by atoms with E-state index in [1.807, 2.05) is 60.7 Å². The van der Waals surface area contributed by atoms with Crippen molar-refractivity contribution in [1.29, 1.82) is 0 Å². The first kappa shape index (κ1) is 23.4. The van der Waals surface area contributed by atoms with Gasteiger partial charge in [-0.15, -0.1) is 0 Å². The van der Waals surface area contributed by atoms with Gasteiger partial charge in [0, 0.05) is 19.0 Å². The van der Waals surface area contributed by atoms with E-state index in [4.69, 9.17) is 24.4 Å². The lowest BCUT2D eigenvalue weighted by Gasteiger charge is -2.11. The summed E-state index contributed by atoms with van der Waals surface area (Å²) < 4.78 is 12.1. The van der Waals surface area contributed by atoms with Gasteiger partial charge in [-0.25, -0.2) is 4.98 Å². The smallest absolute Gasteiger partial charge is 0.226 e. The normalized spacial score (nSPS) is 11.2. The second-order valence-electron chi connectivity index (χ2n) is 8.84. The lowest BCUT2D eigenvalue weighted by atomic mass is 10.1. The van der Waals surface area contributed by atoms with E-state index in [0.717, 1.165) is 23.6 Å². The van der Waals surface area contributed by atoms with Crippen molar-refractivity contribution in [1.82, 2.24) is 25.3 Å². The number of aromatic nitrogens is 4. The van der Waals surface area contributed by atoms with Crippen LogP contribution in [-0.2, 0) is 13.0 Å². The monoisotopic (exact) mass is 457 g/mol. The van der Waals surface area contributed by atoms with Crippen molar-refractivity contribution >= 4 is 0 Å². The van der Waals surface area contributed by atoms with E-state index in [0.29, 0.717) is 47.6 Å². The van der Waals surface area contributed by atoms with Crippen molar-refractivity contribution in [2.75, 3.05) is 0 Å². The van der Waals surface area contributed by atoms with Crippen molar-refractivity contribution in [2.24, 2.45) is 5.92 Å². The molecule has 0 saturated heterocycles. The Labute approximate surface area is 200 Å². The third-order valence-electron chi connectivity index (χ3n) is 4.94. The maximum absolute atomic E-state index is 6.05. The number of hydrogen-bond donors (Lipinski definition) is 2. The third-order valence-corrected chi connectivity index (χ3v) is 4.94. The highest BCUT2D eigenvalue weighted by Gasteiger charge is 2.19. The van der Waals surface area contributed by atoms with Gasteiger partial charge in [0.25, 0.3) is 0 Å². The molecule has 0 aliphatic carbocycles. The molecule has 0 fully saturated rings. The van der Waals surface area contributed by atoms with Crippen LogP contribution in [0.15, 0.2) is 66.7 Å². The van der Waals surface area contributed by atoms with Gasteiger partial charge >= 0.3 is 0 Å². The Hall–Kier alpha value is -3.71. The van der Waals surface area contributed by atoms with Gasteiger partial charge in [-0.05, 0) is 30.2 Å². The first-order valence-corrected chi connectivity index (χ1v) is 11.6. The zero-order chi connectivity index (χ0) is 23.9. The number of nitrogens with one attached hydrogen (secondary N) is 2. The summed E-state index contributed by atoms with van der Waals surface area (Å²) in [5.74, 6) is 4.01. The zero-order valence-corrected chi connectivity index (χ0v) is 20.1. The van der Waals surface area contributed by atoms with Gasteiger partial charge in [-0.2, -0.15) is 9.97 Å². The minimum absolute atomic E-state index is 0.323. The molecule has 176 valence electrons. The molecule has 0 radical (unpaired) electrons. The molecule has 0 saturated carbocycles. The van der Waals surface area contributed by atoms with Gasteiger partial charge in [0.15, 0.2) is 5.82 Å². The highest BCUT2D eigenvalue weighted by atomic mass is 16.5. The Morgan fingerprint density at radius 2 is 1.35 bits per heavy atom. The van der Waals surface area contributed by atoms with E-state index in [1.165, 1.54) is 0 Å². The van der Waals surface area contributed by atoms with Gasteiger partial charge in [0.1, 0.15) is 23.0 Å². The van der Waals surface area contributed by atoms with Crippen LogP contribution in [0.3, 0.4) is 0 Å². The van der Waals surface area contributed by atoms with E-state index < -0.39 is 0 Å². The number of hydrogen-bond acceptors (Lipinski definition) is 6. The molecule has 0 aliphatic heterocycles. The van der Waals surface area contributed by atoms with E-state index in [1.54, 1.807) is 6.07 Å². The van der Waals surface area contributed by atoms with Crippen molar-refractivity contribution in [3.8, 4) is 34.8 Å². The molecule has 0 amide bonds. The molecule has 4 rings (SSSR count). The molecule has 0 spiro atoms. The topological polar surface area (TPSA) is 85.0 Å². The number of para-hydroxylation sites is 2. The lowest BCUT2D eigenvalue weighted by Crippen LogP contribution is -2.22. The van der Waals surface area contributed by atoms with Crippen LogP contribution >= 0.6 is 0 Å². The van der Waals surface area contributed by atoms with E-state index in [2.05, 4.69) is 38.0 Å². The van der Waals surface area contributed by atoms with E-state index >= 15 is 0 Å². The largest absolute Gasteiger partial charge is 0.439 e. The standard InChI is InChI=1S/C27H31N5O2/c1-18(2)15-23-29-22(17-28-19(3)4)26(30-23)27-31-24(33-20-11-7-5-8-12-20)16-25(32-27)34-21-13-9-6-10-14-21/h5-14,16,18-19,28H,15,17H2,1-4H3,(H,29,30). The highest BCUT2D eigenvalue weighted by Crippen LogP contribution is 2.30. The highest BCUT2D eigenvalue weighted by molar-refractivity contribution is 5.55. The predicted molar refractivity (Wildman–Crippen MR) is 133 cm³/mol. The summed E-state index contributed by atoms with van der Waals surface area (Å²) in [5, 5.41) is 3.45. The number of imidazole rings is 1. The van der Waals surface area contributed by atoms with Gasteiger partial charge < -0.3 is 19.8 Å². The molecule has 2 aromatic heterocycles. The Morgan fingerprint density at radius 3 is 1.85 bits per heavy atom. The fourth-order valence-electron chi connectivity index (χ4n) is 3.40. The van der Waals surface area contributed by atoms with Crippen molar-refractivity contribution in [2.45, 2.75) is 46.7 Å². The molecule has 2 N–H and O–H groups in total. The fraction of sp³-hybridized carbons (Fsp3) is 0.296. The van der Waals surface area contributed by atoms with Gasteiger partial charge in [-0.3, -0.25) is 0 Å². The molecule has 4 aromatic rings. The molecular formula is C27H31N5O2. The summed E-state index contributed by atoms with van der Waals surface area (Å²) in [6.45, 7) is 9.16. The second kappa shape index (κ2) is 10.9. The van der Waals surface area contributed by atoms with Crippen molar-refractivity contribution < 1.29 is 9.47 Å². The summed E-state index contributed by atoms with van der Waals surface area (Å²) in [5.41, 5.74) is 1.63. The van der Waals surface area contributed by atoms with Crippen LogP contribution in [-0.4, -0.2) is 26.0 Å². The average molecular weight is 458 g/mol. The molecule has 7 nitrogen and oxygen atoms in total. The molecule has 7 heteroatoms. The maximum Gasteiger partial charge on any atom is 0.226 e. The van der Waals surface area contributed by atoms with Gasteiger partial charge in [0.2, 0.25) is 11.8 Å².